The third-order valence-corrected chi connectivity index (χ3v) is 3.80. The van der Waals surface area contributed by atoms with Gasteiger partial charge in [-0.1, -0.05) is 13.0 Å². The van der Waals surface area contributed by atoms with Gasteiger partial charge in [0.15, 0.2) is 11.6 Å². The smallest absolute Gasteiger partial charge is 0.165 e. The molecule has 3 nitrogen and oxygen atoms in total. The van der Waals surface area contributed by atoms with Crippen LogP contribution in [0.15, 0.2) is 18.2 Å². The van der Waals surface area contributed by atoms with Crippen LogP contribution < -0.4 is 10.1 Å². The van der Waals surface area contributed by atoms with Crippen LogP contribution in [-0.2, 0) is 4.74 Å². The zero-order valence-electron chi connectivity index (χ0n) is 12.3. The molecule has 1 aromatic carbocycles. The summed E-state index contributed by atoms with van der Waals surface area (Å²) in [6, 6.07) is 5.31. The molecule has 1 N–H and O–H groups in total. The van der Waals surface area contributed by atoms with E-state index in [0.29, 0.717) is 0 Å². The zero-order chi connectivity index (χ0) is 14.4. The molecule has 0 spiro atoms. The van der Waals surface area contributed by atoms with E-state index in [2.05, 4.69) is 12.2 Å². The molecular formula is C16H24FNO2. The maximum absolute atomic E-state index is 13.8. The van der Waals surface area contributed by atoms with Crippen LogP contribution in [0.2, 0.25) is 0 Å². The second kappa shape index (κ2) is 7.60. The second-order valence-electron chi connectivity index (χ2n) is 5.23. The summed E-state index contributed by atoms with van der Waals surface area (Å²) < 4.78 is 24.6. The molecule has 2 atom stereocenters. The lowest BCUT2D eigenvalue weighted by atomic mass is 9.96. The van der Waals surface area contributed by atoms with Crippen molar-refractivity contribution in [3.8, 4) is 5.75 Å². The molecule has 0 aromatic heterocycles. The molecule has 1 heterocycles. The second-order valence-corrected chi connectivity index (χ2v) is 5.23. The standard InChI is InChI=1S/C16H24FNO2/c1-3-18-15(11-13-6-4-5-9-20-13)12-7-8-16(19-2)14(17)10-12/h7-8,10,13,15,18H,3-6,9,11H2,1-2H3. The molecule has 20 heavy (non-hydrogen) atoms. The van der Waals surface area contributed by atoms with Crippen molar-refractivity contribution in [3.63, 3.8) is 0 Å². The lowest BCUT2D eigenvalue weighted by Gasteiger charge is -2.28. The van der Waals surface area contributed by atoms with Gasteiger partial charge in [-0.3, -0.25) is 0 Å². The first-order valence-corrected chi connectivity index (χ1v) is 7.43. The number of hydrogen-bond donors (Lipinski definition) is 1. The van der Waals surface area contributed by atoms with Gasteiger partial charge in [-0.15, -0.1) is 0 Å². The molecule has 1 fully saturated rings. The van der Waals surface area contributed by atoms with Gasteiger partial charge in [-0.2, -0.15) is 0 Å². The van der Waals surface area contributed by atoms with Crippen molar-refractivity contribution in [1.29, 1.82) is 0 Å². The molecule has 0 saturated carbocycles. The average Bonchev–Trinajstić information content (AvgIpc) is 2.48. The molecule has 1 aliphatic rings. The fourth-order valence-electron chi connectivity index (χ4n) is 2.74. The Morgan fingerprint density at radius 1 is 1.45 bits per heavy atom. The van der Waals surface area contributed by atoms with Crippen molar-refractivity contribution in [2.75, 3.05) is 20.3 Å². The first-order valence-electron chi connectivity index (χ1n) is 7.43. The molecule has 0 bridgehead atoms. The van der Waals surface area contributed by atoms with Crippen LogP contribution in [0.5, 0.6) is 5.75 Å². The van der Waals surface area contributed by atoms with Crippen molar-refractivity contribution in [3.05, 3.63) is 29.6 Å². The van der Waals surface area contributed by atoms with Crippen LogP contribution in [-0.4, -0.2) is 26.4 Å². The first-order chi connectivity index (χ1) is 9.74. The molecule has 0 amide bonds. The SMILES string of the molecule is CCNC(CC1CCCCO1)c1ccc(OC)c(F)c1. The monoisotopic (exact) mass is 281 g/mol. The van der Waals surface area contributed by atoms with Gasteiger partial charge in [0.05, 0.1) is 13.2 Å². The van der Waals surface area contributed by atoms with E-state index in [1.54, 1.807) is 12.1 Å². The Morgan fingerprint density at radius 2 is 2.30 bits per heavy atom. The Hall–Kier alpha value is -1.13. The van der Waals surface area contributed by atoms with E-state index in [4.69, 9.17) is 9.47 Å². The highest BCUT2D eigenvalue weighted by Crippen LogP contribution is 2.27. The number of halogens is 1. The van der Waals surface area contributed by atoms with Crippen LogP contribution >= 0.6 is 0 Å². The summed E-state index contributed by atoms with van der Waals surface area (Å²) in [6.45, 7) is 3.76. The molecule has 112 valence electrons. The van der Waals surface area contributed by atoms with E-state index < -0.39 is 0 Å². The van der Waals surface area contributed by atoms with E-state index in [9.17, 15) is 4.39 Å². The average molecular weight is 281 g/mol. The van der Waals surface area contributed by atoms with Crippen molar-refractivity contribution < 1.29 is 13.9 Å². The Labute approximate surface area is 120 Å². The number of methoxy groups -OCH3 is 1. The number of hydrogen-bond acceptors (Lipinski definition) is 3. The van der Waals surface area contributed by atoms with Gasteiger partial charge in [0.2, 0.25) is 0 Å². The minimum absolute atomic E-state index is 0.128. The Kier molecular flexibility index (Phi) is 5.80. The lowest BCUT2D eigenvalue weighted by molar-refractivity contribution is 0.00512. The normalized spacial score (nSPS) is 20.6. The summed E-state index contributed by atoms with van der Waals surface area (Å²) in [6.07, 6.45) is 4.64. The molecule has 0 radical (unpaired) electrons. The van der Waals surface area contributed by atoms with Gasteiger partial charge >= 0.3 is 0 Å². The third kappa shape index (κ3) is 3.93. The molecule has 4 heteroatoms. The van der Waals surface area contributed by atoms with Crippen molar-refractivity contribution in [2.24, 2.45) is 0 Å². The number of ether oxygens (including phenoxy) is 2. The molecular weight excluding hydrogens is 257 g/mol. The maximum atomic E-state index is 13.8. The lowest BCUT2D eigenvalue weighted by Crippen LogP contribution is -2.28. The maximum Gasteiger partial charge on any atom is 0.165 e. The highest BCUT2D eigenvalue weighted by molar-refractivity contribution is 5.31. The molecule has 1 saturated heterocycles. The van der Waals surface area contributed by atoms with Crippen LogP contribution in [0.4, 0.5) is 4.39 Å². The Morgan fingerprint density at radius 3 is 2.90 bits per heavy atom. The molecule has 2 rings (SSSR count). The van der Waals surface area contributed by atoms with Gasteiger partial charge in [0, 0.05) is 12.6 Å². The third-order valence-electron chi connectivity index (χ3n) is 3.80. The fraction of sp³-hybridized carbons (Fsp3) is 0.625. The molecule has 2 unspecified atom stereocenters. The predicted molar refractivity (Wildman–Crippen MR) is 77.6 cm³/mol. The summed E-state index contributed by atoms with van der Waals surface area (Å²) in [5, 5.41) is 3.42. The van der Waals surface area contributed by atoms with E-state index in [0.717, 1.165) is 38.0 Å². The minimum atomic E-state index is -0.308. The van der Waals surface area contributed by atoms with Gasteiger partial charge in [-0.05, 0) is 49.9 Å². The predicted octanol–water partition coefficient (Wildman–Crippen LogP) is 3.44. The highest BCUT2D eigenvalue weighted by atomic mass is 19.1. The van der Waals surface area contributed by atoms with Crippen LogP contribution in [0.3, 0.4) is 0 Å². The van der Waals surface area contributed by atoms with E-state index in [1.807, 2.05) is 6.07 Å². The Balaban J connectivity index is 2.08. The van der Waals surface area contributed by atoms with Gasteiger partial charge in [0.1, 0.15) is 0 Å². The fourth-order valence-corrected chi connectivity index (χ4v) is 2.74. The first kappa shape index (κ1) is 15.3. The topological polar surface area (TPSA) is 30.5 Å². The van der Waals surface area contributed by atoms with Crippen LogP contribution in [0.25, 0.3) is 0 Å². The Bertz CT molecular complexity index is 419. The quantitative estimate of drug-likeness (QED) is 0.866. The van der Waals surface area contributed by atoms with E-state index in [-0.39, 0.29) is 23.7 Å². The molecule has 1 aliphatic heterocycles. The summed E-state index contributed by atoms with van der Waals surface area (Å²) >= 11 is 0. The summed E-state index contributed by atoms with van der Waals surface area (Å²) in [5.41, 5.74) is 0.958. The minimum Gasteiger partial charge on any atom is -0.494 e. The van der Waals surface area contributed by atoms with Crippen molar-refractivity contribution in [1.82, 2.24) is 5.32 Å². The van der Waals surface area contributed by atoms with Crippen LogP contribution in [0.1, 0.15) is 44.2 Å². The van der Waals surface area contributed by atoms with E-state index >= 15 is 0 Å². The molecule has 1 aromatic rings. The van der Waals surface area contributed by atoms with Crippen molar-refractivity contribution >= 4 is 0 Å². The largest absolute Gasteiger partial charge is 0.494 e. The summed E-state index contributed by atoms with van der Waals surface area (Å²) in [7, 11) is 1.48. The highest BCUT2D eigenvalue weighted by Gasteiger charge is 2.21. The number of rotatable bonds is 6. The molecule has 0 aliphatic carbocycles. The summed E-state index contributed by atoms with van der Waals surface area (Å²) in [5.74, 6) is -0.0182. The van der Waals surface area contributed by atoms with Gasteiger partial charge in [-0.25, -0.2) is 4.39 Å². The van der Waals surface area contributed by atoms with E-state index in [1.165, 1.54) is 13.5 Å². The van der Waals surface area contributed by atoms with Gasteiger partial charge in [0.25, 0.3) is 0 Å². The number of nitrogens with one attached hydrogen (secondary N) is 1. The summed E-state index contributed by atoms with van der Waals surface area (Å²) in [4.78, 5) is 0. The zero-order valence-corrected chi connectivity index (χ0v) is 12.3. The van der Waals surface area contributed by atoms with Crippen molar-refractivity contribution in [2.45, 2.75) is 44.8 Å². The number of benzene rings is 1. The van der Waals surface area contributed by atoms with Crippen LogP contribution in [0, 0.1) is 5.82 Å². The van der Waals surface area contributed by atoms with Gasteiger partial charge < -0.3 is 14.8 Å².